The van der Waals surface area contributed by atoms with Gasteiger partial charge in [0, 0.05) is 29.2 Å². The molecule has 3 aromatic heterocycles. The molecule has 7 nitrogen and oxygen atoms in total. The minimum absolute atomic E-state index is 0.152. The van der Waals surface area contributed by atoms with E-state index in [-0.39, 0.29) is 17.7 Å². The second-order valence-corrected chi connectivity index (χ2v) is 6.27. The van der Waals surface area contributed by atoms with Crippen LogP contribution in [0.2, 0.25) is 5.02 Å². The molecule has 0 fully saturated rings. The molecule has 0 saturated carbocycles. The summed E-state index contributed by atoms with van der Waals surface area (Å²) in [5.74, 6) is -0.671. The van der Waals surface area contributed by atoms with Crippen LogP contribution in [0.4, 0.5) is 0 Å². The molecule has 0 radical (unpaired) electrons. The Balaban J connectivity index is 1.64. The minimum Gasteiger partial charge on any atom is -0.456 e. The molecule has 0 unspecified atom stereocenters. The molecule has 1 aromatic carbocycles. The number of para-hydroxylation sites is 1. The Hall–Kier alpha value is -3.45. The number of pyridine rings is 2. The molecule has 0 saturated heterocycles. The molecule has 4 aromatic rings. The molecular weight excluding hydrogens is 370 g/mol. The molecule has 134 valence electrons. The lowest BCUT2D eigenvalue weighted by Crippen LogP contribution is -2.17. The van der Waals surface area contributed by atoms with Gasteiger partial charge in [-0.15, -0.1) is 0 Å². The van der Waals surface area contributed by atoms with Crippen LogP contribution in [0, 0.1) is 0 Å². The zero-order chi connectivity index (χ0) is 19.0. The van der Waals surface area contributed by atoms with Crippen molar-refractivity contribution in [2.24, 2.45) is 0 Å². The Morgan fingerprint density at radius 3 is 2.81 bits per heavy atom. The van der Waals surface area contributed by atoms with Crippen molar-refractivity contribution < 1.29 is 9.53 Å². The third-order valence-electron chi connectivity index (χ3n) is 4.00. The van der Waals surface area contributed by atoms with Crippen molar-refractivity contribution in [3.05, 3.63) is 91.7 Å². The van der Waals surface area contributed by atoms with E-state index in [4.69, 9.17) is 16.3 Å². The number of esters is 1. The summed E-state index contributed by atoms with van der Waals surface area (Å²) < 4.78 is 6.58. The van der Waals surface area contributed by atoms with Gasteiger partial charge in [-0.3, -0.25) is 14.0 Å². The van der Waals surface area contributed by atoms with Crippen LogP contribution in [-0.2, 0) is 11.3 Å². The quantitative estimate of drug-likeness (QED) is 0.550. The van der Waals surface area contributed by atoms with Gasteiger partial charge >= 0.3 is 5.97 Å². The van der Waals surface area contributed by atoms with Gasteiger partial charge in [0.2, 0.25) is 5.56 Å². The van der Waals surface area contributed by atoms with E-state index < -0.39 is 11.5 Å². The summed E-state index contributed by atoms with van der Waals surface area (Å²) in [6, 6.07) is 12.6. The van der Waals surface area contributed by atoms with Crippen LogP contribution in [0.15, 0.2) is 64.3 Å². The Kier molecular flexibility index (Phi) is 4.21. The number of aromatic nitrogens is 3. The number of fused-ring (bicyclic) bond motifs is 2. The second kappa shape index (κ2) is 6.69. The van der Waals surface area contributed by atoms with Crippen molar-refractivity contribution in [1.29, 1.82) is 0 Å². The largest absolute Gasteiger partial charge is 0.456 e. The van der Waals surface area contributed by atoms with Crippen molar-refractivity contribution in [2.75, 3.05) is 0 Å². The first-order valence-corrected chi connectivity index (χ1v) is 8.36. The van der Waals surface area contributed by atoms with Gasteiger partial charge < -0.3 is 9.72 Å². The van der Waals surface area contributed by atoms with Gasteiger partial charge in [-0.1, -0.05) is 29.8 Å². The number of hydrogen-bond donors (Lipinski definition) is 1. The fraction of sp³-hybridized carbons (Fsp3) is 0.0526. The van der Waals surface area contributed by atoms with Crippen LogP contribution in [-0.4, -0.2) is 20.3 Å². The fourth-order valence-corrected chi connectivity index (χ4v) is 2.95. The van der Waals surface area contributed by atoms with Gasteiger partial charge in [-0.2, -0.15) is 0 Å². The molecule has 8 heteroatoms. The standard InChI is InChI=1S/C19H12ClN3O4/c20-11-5-6-16-21-12(7-18(25)23(16)9-11)10-27-19(26)14-8-17(24)22-15-4-2-1-3-13(14)15/h1-9H,10H2,(H,22,24). The number of nitrogens with zero attached hydrogens (tertiary/aromatic N) is 2. The molecule has 0 spiro atoms. The summed E-state index contributed by atoms with van der Waals surface area (Å²) in [7, 11) is 0. The Labute approximate surface area is 156 Å². The lowest BCUT2D eigenvalue weighted by Gasteiger charge is -2.08. The summed E-state index contributed by atoms with van der Waals surface area (Å²) >= 11 is 5.88. The van der Waals surface area contributed by atoms with E-state index in [0.29, 0.717) is 27.3 Å². The average molecular weight is 382 g/mol. The fourth-order valence-electron chi connectivity index (χ4n) is 2.79. The summed E-state index contributed by atoms with van der Waals surface area (Å²) in [4.78, 5) is 43.4. The number of H-pyrrole nitrogens is 1. The van der Waals surface area contributed by atoms with Crippen LogP contribution in [0.1, 0.15) is 16.1 Å². The van der Waals surface area contributed by atoms with Crippen molar-refractivity contribution in [3.8, 4) is 0 Å². The number of carbonyl (C=O) groups excluding carboxylic acids is 1. The molecule has 27 heavy (non-hydrogen) atoms. The van der Waals surface area contributed by atoms with Crippen LogP contribution < -0.4 is 11.1 Å². The van der Waals surface area contributed by atoms with Crippen molar-refractivity contribution in [1.82, 2.24) is 14.4 Å². The van der Waals surface area contributed by atoms with E-state index in [0.717, 1.165) is 0 Å². The van der Waals surface area contributed by atoms with Gasteiger partial charge in [-0.25, -0.2) is 9.78 Å². The Morgan fingerprint density at radius 2 is 1.96 bits per heavy atom. The normalized spacial score (nSPS) is 11.0. The van der Waals surface area contributed by atoms with Crippen LogP contribution in [0.3, 0.4) is 0 Å². The third kappa shape index (κ3) is 3.32. The van der Waals surface area contributed by atoms with Crippen LogP contribution in [0.25, 0.3) is 16.6 Å². The van der Waals surface area contributed by atoms with Crippen molar-refractivity contribution in [3.63, 3.8) is 0 Å². The molecule has 0 atom stereocenters. The van der Waals surface area contributed by atoms with Gasteiger partial charge in [0.25, 0.3) is 5.56 Å². The summed E-state index contributed by atoms with van der Waals surface area (Å²) in [6.45, 7) is -0.200. The highest BCUT2D eigenvalue weighted by molar-refractivity contribution is 6.30. The number of nitrogens with one attached hydrogen (secondary N) is 1. The number of rotatable bonds is 3. The minimum atomic E-state index is -0.671. The van der Waals surface area contributed by atoms with Crippen LogP contribution in [0.5, 0.6) is 0 Å². The molecule has 4 rings (SSSR count). The molecule has 0 bridgehead atoms. The molecule has 0 aliphatic heterocycles. The van der Waals surface area contributed by atoms with Gasteiger partial charge in [-0.05, 0) is 18.2 Å². The van der Waals surface area contributed by atoms with E-state index >= 15 is 0 Å². The Bertz CT molecular complexity index is 1310. The van der Waals surface area contributed by atoms with E-state index in [1.165, 1.54) is 22.7 Å². The number of aromatic amines is 1. The van der Waals surface area contributed by atoms with Gasteiger partial charge in [0.1, 0.15) is 12.3 Å². The number of hydrogen-bond acceptors (Lipinski definition) is 5. The summed E-state index contributed by atoms with van der Waals surface area (Å²) in [5.41, 5.74) is 0.633. The van der Waals surface area contributed by atoms with Crippen molar-refractivity contribution >= 4 is 34.1 Å². The zero-order valence-electron chi connectivity index (χ0n) is 13.8. The first-order valence-electron chi connectivity index (χ1n) is 7.98. The van der Waals surface area contributed by atoms with Gasteiger partial charge in [0.05, 0.1) is 16.3 Å². The topological polar surface area (TPSA) is 93.5 Å². The Morgan fingerprint density at radius 1 is 1.15 bits per heavy atom. The smallest absolute Gasteiger partial charge is 0.339 e. The maximum absolute atomic E-state index is 12.5. The zero-order valence-corrected chi connectivity index (χ0v) is 14.6. The van der Waals surface area contributed by atoms with E-state index in [1.54, 1.807) is 36.4 Å². The maximum Gasteiger partial charge on any atom is 0.339 e. The predicted molar refractivity (Wildman–Crippen MR) is 100 cm³/mol. The lowest BCUT2D eigenvalue weighted by atomic mass is 10.1. The van der Waals surface area contributed by atoms with Crippen molar-refractivity contribution in [2.45, 2.75) is 6.61 Å². The average Bonchev–Trinajstić information content (AvgIpc) is 2.66. The molecule has 0 aliphatic carbocycles. The molecule has 3 heterocycles. The predicted octanol–water partition coefficient (Wildman–Crippen LogP) is 2.55. The SMILES string of the molecule is O=C(OCc1cc(=O)n2cc(Cl)ccc2n1)c1cc(=O)[nH]c2ccccc12. The lowest BCUT2D eigenvalue weighted by molar-refractivity contribution is 0.0470. The number of carbonyl (C=O) groups is 1. The number of halogens is 1. The van der Waals surface area contributed by atoms with E-state index in [2.05, 4.69) is 9.97 Å². The summed E-state index contributed by atoms with van der Waals surface area (Å²) in [5, 5.41) is 0.982. The molecule has 1 N–H and O–H groups in total. The van der Waals surface area contributed by atoms with E-state index in [1.807, 2.05) is 0 Å². The highest BCUT2D eigenvalue weighted by Crippen LogP contribution is 2.16. The third-order valence-corrected chi connectivity index (χ3v) is 4.22. The highest BCUT2D eigenvalue weighted by Gasteiger charge is 2.14. The second-order valence-electron chi connectivity index (χ2n) is 5.83. The maximum atomic E-state index is 12.5. The molecular formula is C19H12ClN3O4. The number of ether oxygens (including phenoxy) is 1. The first-order chi connectivity index (χ1) is 13.0. The molecule has 0 aliphatic rings. The van der Waals surface area contributed by atoms with Gasteiger partial charge in [0.15, 0.2) is 0 Å². The van der Waals surface area contributed by atoms with E-state index in [9.17, 15) is 14.4 Å². The highest BCUT2D eigenvalue weighted by atomic mass is 35.5. The first kappa shape index (κ1) is 17.0. The summed E-state index contributed by atoms with van der Waals surface area (Å²) in [6.07, 6.45) is 1.46. The monoisotopic (exact) mass is 381 g/mol. The molecule has 0 amide bonds. The van der Waals surface area contributed by atoms with Crippen LogP contribution >= 0.6 is 11.6 Å². The number of benzene rings is 1.